The molecule has 0 N–H and O–H groups in total. The molecule has 0 radical (unpaired) electrons. The fourth-order valence-electron chi connectivity index (χ4n) is 3.34. The lowest BCUT2D eigenvalue weighted by Crippen LogP contribution is -2.32. The van der Waals surface area contributed by atoms with E-state index in [1.165, 1.54) is 12.7 Å². The Hall–Kier alpha value is -2.14. The molecule has 0 amide bonds. The highest BCUT2D eigenvalue weighted by Crippen LogP contribution is 2.33. The monoisotopic (exact) mass is 313 g/mol. The van der Waals surface area contributed by atoms with Crippen LogP contribution in [0.3, 0.4) is 0 Å². The van der Waals surface area contributed by atoms with Crippen molar-refractivity contribution in [2.75, 3.05) is 20.2 Å². The molecule has 3 rings (SSSR count). The quantitative estimate of drug-likeness (QED) is 0.814. The first-order valence-corrected chi connectivity index (χ1v) is 7.90. The topological polar surface area (TPSA) is 47.4 Å². The number of esters is 1. The largest absolute Gasteiger partial charge is 0.469 e. The molecular formula is C18H23N3O2. The van der Waals surface area contributed by atoms with Gasteiger partial charge in [0.15, 0.2) is 0 Å². The lowest BCUT2D eigenvalue weighted by atomic mass is 9.90. The predicted molar refractivity (Wildman–Crippen MR) is 88.7 cm³/mol. The van der Waals surface area contributed by atoms with Gasteiger partial charge in [-0.15, -0.1) is 0 Å². The van der Waals surface area contributed by atoms with E-state index in [-0.39, 0.29) is 5.97 Å². The van der Waals surface area contributed by atoms with Gasteiger partial charge in [-0.05, 0) is 19.9 Å². The standard InChI is InChI=1S/C18H23N3O2/c1-18(17(22)23-3)9-10-21(13-18)12-15-11-20(2)19-16(15)14-7-5-4-6-8-14/h4-8,11H,9-10,12-13H2,1-3H3/t18-/m0/s1. The molecule has 5 nitrogen and oxygen atoms in total. The minimum absolute atomic E-state index is 0.116. The van der Waals surface area contributed by atoms with Gasteiger partial charge < -0.3 is 4.74 Å². The van der Waals surface area contributed by atoms with Crippen LogP contribution in [-0.4, -0.2) is 40.8 Å². The van der Waals surface area contributed by atoms with Gasteiger partial charge in [0.1, 0.15) is 0 Å². The molecule has 1 aliphatic heterocycles. The zero-order valence-electron chi connectivity index (χ0n) is 14.0. The lowest BCUT2D eigenvalue weighted by Gasteiger charge is -2.21. The number of methoxy groups -OCH3 is 1. The van der Waals surface area contributed by atoms with E-state index in [1.807, 2.05) is 36.9 Å². The zero-order valence-corrected chi connectivity index (χ0v) is 14.0. The van der Waals surface area contributed by atoms with Crippen molar-refractivity contribution in [3.05, 3.63) is 42.1 Å². The molecule has 1 aliphatic rings. The van der Waals surface area contributed by atoms with E-state index in [0.29, 0.717) is 0 Å². The molecular weight excluding hydrogens is 290 g/mol. The summed E-state index contributed by atoms with van der Waals surface area (Å²) >= 11 is 0. The third-order valence-corrected chi connectivity index (χ3v) is 4.58. The second-order valence-corrected chi connectivity index (χ2v) is 6.56. The molecule has 2 aromatic rings. The highest BCUT2D eigenvalue weighted by molar-refractivity contribution is 5.77. The molecule has 0 saturated carbocycles. The smallest absolute Gasteiger partial charge is 0.312 e. The number of hydrogen-bond acceptors (Lipinski definition) is 4. The average molecular weight is 313 g/mol. The fourth-order valence-corrected chi connectivity index (χ4v) is 3.34. The maximum atomic E-state index is 12.0. The molecule has 1 fully saturated rings. The number of ether oxygens (including phenoxy) is 1. The molecule has 0 aliphatic carbocycles. The van der Waals surface area contributed by atoms with Crippen molar-refractivity contribution in [1.29, 1.82) is 0 Å². The van der Waals surface area contributed by atoms with Crippen molar-refractivity contribution in [3.63, 3.8) is 0 Å². The van der Waals surface area contributed by atoms with E-state index < -0.39 is 5.41 Å². The van der Waals surface area contributed by atoms with Gasteiger partial charge in [0.2, 0.25) is 0 Å². The van der Waals surface area contributed by atoms with E-state index in [1.54, 1.807) is 0 Å². The van der Waals surface area contributed by atoms with Gasteiger partial charge in [-0.25, -0.2) is 0 Å². The Labute approximate surface area is 136 Å². The third kappa shape index (κ3) is 3.15. The number of carbonyl (C=O) groups excluding carboxylic acids is 1. The normalized spacial score (nSPS) is 21.5. The summed E-state index contributed by atoms with van der Waals surface area (Å²) in [6, 6.07) is 10.2. The summed E-state index contributed by atoms with van der Waals surface area (Å²) in [5, 5.41) is 4.61. The van der Waals surface area contributed by atoms with E-state index in [9.17, 15) is 4.79 Å². The SMILES string of the molecule is COC(=O)[C@@]1(C)CCN(Cc2cn(C)nc2-c2ccccc2)C1. The van der Waals surface area contributed by atoms with E-state index in [0.717, 1.165) is 37.3 Å². The second kappa shape index (κ2) is 6.16. The summed E-state index contributed by atoms with van der Waals surface area (Å²) < 4.78 is 6.81. The number of aromatic nitrogens is 2. The van der Waals surface area contributed by atoms with Crippen LogP contribution >= 0.6 is 0 Å². The number of nitrogens with zero attached hydrogens (tertiary/aromatic N) is 3. The van der Waals surface area contributed by atoms with Gasteiger partial charge in [0.05, 0.1) is 18.2 Å². The molecule has 0 spiro atoms. The van der Waals surface area contributed by atoms with Crippen LogP contribution in [0, 0.1) is 5.41 Å². The first kappa shape index (κ1) is 15.7. The van der Waals surface area contributed by atoms with Crippen molar-refractivity contribution >= 4 is 5.97 Å². The van der Waals surface area contributed by atoms with Crippen LogP contribution < -0.4 is 0 Å². The van der Waals surface area contributed by atoms with Crippen LogP contribution in [0.4, 0.5) is 0 Å². The molecule has 0 unspecified atom stereocenters. The molecule has 2 heterocycles. The number of carbonyl (C=O) groups is 1. The summed E-state index contributed by atoms with van der Waals surface area (Å²) in [7, 11) is 3.41. The third-order valence-electron chi connectivity index (χ3n) is 4.58. The summed E-state index contributed by atoms with van der Waals surface area (Å²) in [6.07, 6.45) is 2.90. The Bertz CT molecular complexity index is 696. The minimum atomic E-state index is -0.399. The number of hydrogen-bond donors (Lipinski definition) is 0. The van der Waals surface area contributed by atoms with Crippen molar-refractivity contribution in [1.82, 2.24) is 14.7 Å². The molecule has 0 bridgehead atoms. The van der Waals surface area contributed by atoms with Crippen LogP contribution in [0.1, 0.15) is 18.9 Å². The molecule has 1 aromatic carbocycles. The van der Waals surface area contributed by atoms with Gasteiger partial charge in [0, 0.05) is 37.5 Å². The minimum Gasteiger partial charge on any atom is -0.469 e. The maximum absolute atomic E-state index is 12.0. The van der Waals surface area contributed by atoms with E-state index >= 15 is 0 Å². The van der Waals surface area contributed by atoms with E-state index in [4.69, 9.17) is 4.74 Å². The zero-order chi connectivity index (χ0) is 16.4. The Kier molecular flexibility index (Phi) is 4.22. The van der Waals surface area contributed by atoms with Crippen LogP contribution in [0.5, 0.6) is 0 Å². The number of rotatable bonds is 4. The van der Waals surface area contributed by atoms with Crippen molar-refractivity contribution < 1.29 is 9.53 Å². The summed E-state index contributed by atoms with van der Waals surface area (Å²) in [5.74, 6) is -0.116. The fraction of sp³-hybridized carbons (Fsp3) is 0.444. The lowest BCUT2D eigenvalue weighted by molar-refractivity contribution is -0.151. The predicted octanol–water partition coefficient (Wildman–Crippen LogP) is 2.47. The van der Waals surface area contributed by atoms with Gasteiger partial charge in [-0.2, -0.15) is 5.10 Å². The van der Waals surface area contributed by atoms with Crippen LogP contribution in [0.2, 0.25) is 0 Å². The number of benzene rings is 1. The first-order valence-electron chi connectivity index (χ1n) is 7.90. The van der Waals surface area contributed by atoms with Crippen molar-refractivity contribution in [2.24, 2.45) is 12.5 Å². The molecule has 122 valence electrons. The molecule has 1 atom stereocenters. The maximum Gasteiger partial charge on any atom is 0.312 e. The molecule has 1 saturated heterocycles. The Morgan fingerprint density at radius 1 is 1.35 bits per heavy atom. The number of aryl methyl sites for hydroxylation is 1. The van der Waals surface area contributed by atoms with Gasteiger partial charge in [-0.1, -0.05) is 30.3 Å². The first-order chi connectivity index (χ1) is 11.0. The van der Waals surface area contributed by atoms with Gasteiger partial charge >= 0.3 is 5.97 Å². The number of likely N-dealkylation sites (tertiary alicyclic amines) is 1. The highest BCUT2D eigenvalue weighted by Gasteiger charge is 2.41. The van der Waals surface area contributed by atoms with Crippen LogP contribution in [0.15, 0.2) is 36.5 Å². The molecule has 1 aromatic heterocycles. The van der Waals surface area contributed by atoms with Crippen molar-refractivity contribution in [3.8, 4) is 11.3 Å². The van der Waals surface area contributed by atoms with Gasteiger partial charge in [0.25, 0.3) is 0 Å². The van der Waals surface area contributed by atoms with Crippen LogP contribution in [0.25, 0.3) is 11.3 Å². The summed E-state index contributed by atoms with van der Waals surface area (Å²) in [4.78, 5) is 14.3. The summed E-state index contributed by atoms with van der Waals surface area (Å²) in [6.45, 7) is 4.41. The van der Waals surface area contributed by atoms with E-state index in [2.05, 4.69) is 28.3 Å². The Morgan fingerprint density at radius 2 is 2.09 bits per heavy atom. The second-order valence-electron chi connectivity index (χ2n) is 6.56. The van der Waals surface area contributed by atoms with Gasteiger partial charge in [-0.3, -0.25) is 14.4 Å². The molecule has 23 heavy (non-hydrogen) atoms. The highest BCUT2D eigenvalue weighted by atomic mass is 16.5. The Morgan fingerprint density at radius 3 is 2.78 bits per heavy atom. The molecule has 5 heteroatoms. The van der Waals surface area contributed by atoms with Crippen molar-refractivity contribution in [2.45, 2.75) is 19.9 Å². The average Bonchev–Trinajstić information content (AvgIpc) is 3.11. The Balaban J connectivity index is 1.79. The van der Waals surface area contributed by atoms with Crippen LogP contribution in [-0.2, 0) is 23.1 Å². The summed E-state index contributed by atoms with van der Waals surface area (Å²) in [5.41, 5.74) is 2.93.